The number of ether oxygens (including phenoxy) is 1. The Hall–Kier alpha value is -2.45. The summed E-state index contributed by atoms with van der Waals surface area (Å²) in [5.74, 6) is 1.12. The summed E-state index contributed by atoms with van der Waals surface area (Å²) in [5.41, 5.74) is 1.70. The van der Waals surface area contributed by atoms with Crippen molar-refractivity contribution in [2.75, 3.05) is 29.9 Å². The first-order valence-corrected chi connectivity index (χ1v) is 11.4. The van der Waals surface area contributed by atoms with Crippen LogP contribution in [0.3, 0.4) is 0 Å². The number of hydrogen-bond acceptors (Lipinski definition) is 6. The number of nitrogens with zero attached hydrogens (tertiary/aromatic N) is 3. The fraction of sp³-hybridized carbons (Fsp3) is 0.500. The molecule has 0 spiro atoms. The summed E-state index contributed by atoms with van der Waals surface area (Å²) in [6, 6.07) is 7.41. The molecule has 2 unspecified atom stereocenters. The molecule has 2 aliphatic rings. The molecule has 2 aliphatic heterocycles. The van der Waals surface area contributed by atoms with Crippen LogP contribution in [0.5, 0.6) is 5.75 Å². The van der Waals surface area contributed by atoms with Crippen molar-refractivity contribution in [3.05, 3.63) is 35.3 Å². The number of anilines is 2. The molecule has 1 fully saturated rings. The van der Waals surface area contributed by atoms with E-state index in [2.05, 4.69) is 22.1 Å². The van der Waals surface area contributed by atoms with Gasteiger partial charge >= 0.3 is 0 Å². The molecule has 0 radical (unpaired) electrons. The minimum absolute atomic E-state index is 0.131. The molecule has 0 aliphatic carbocycles. The average Bonchev–Trinajstić information content (AvgIpc) is 3.15. The van der Waals surface area contributed by atoms with Crippen molar-refractivity contribution in [3.63, 3.8) is 0 Å². The average molecular weight is 429 g/mol. The quantitative estimate of drug-likeness (QED) is 0.762. The van der Waals surface area contributed by atoms with Gasteiger partial charge in [-0.1, -0.05) is 19.1 Å². The van der Waals surface area contributed by atoms with E-state index in [1.54, 1.807) is 11.8 Å². The number of carbonyl (C=O) groups excluding carboxylic acids is 2. The molecule has 4 rings (SSSR count). The number of amides is 2. The molecule has 0 saturated carbocycles. The first-order valence-electron chi connectivity index (χ1n) is 10.5. The van der Waals surface area contributed by atoms with Crippen molar-refractivity contribution in [2.24, 2.45) is 5.92 Å². The van der Waals surface area contributed by atoms with Crippen LogP contribution in [0, 0.1) is 5.92 Å². The molecule has 2 atom stereocenters. The third-order valence-electron chi connectivity index (χ3n) is 5.56. The Morgan fingerprint density at radius 2 is 2.17 bits per heavy atom. The second kappa shape index (κ2) is 9.14. The Morgan fingerprint density at radius 1 is 1.33 bits per heavy atom. The number of fused-ring (bicyclic) bond motifs is 1. The minimum Gasteiger partial charge on any atom is -0.479 e. The second-order valence-corrected chi connectivity index (χ2v) is 9.00. The molecule has 30 heavy (non-hydrogen) atoms. The Labute approximate surface area is 181 Å². The molecule has 160 valence electrons. The number of hydrogen-bond donors (Lipinski definition) is 1. The topological polar surface area (TPSA) is 74.8 Å². The zero-order chi connectivity index (χ0) is 21.1. The maximum absolute atomic E-state index is 12.5. The molecule has 2 aromatic rings. The van der Waals surface area contributed by atoms with Gasteiger partial charge in [0.15, 0.2) is 11.2 Å². The summed E-state index contributed by atoms with van der Waals surface area (Å²) < 4.78 is 5.64. The Bertz CT molecular complexity index is 915. The van der Waals surface area contributed by atoms with E-state index in [9.17, 15) is 9.59 Å². The van der Waals surface area contributed by atoms with Gasteiger partial charge in [-0.3, -0.25) is 14.5 Å². The highest BCUT2D eigenvalue weighted by Crippen LogP contribution is 2.33. The first-order chi connectivity index (χ1) is 14.5. The van der Waals surface area contributed by atoms with Gasteiger partial charge in [0.05, 0.1) is 11.4 Å². The molecule has 8 heteroatoms. The van der Waals surface area contributed by atoms with Crippen LogP contribution >= 0.6 is 11.3 Å². The number of aromatic nitrogens is 1. The highest BCUT2D eigenvalue weighted by atomic mass is 32.1. The Morgan fingerprint density at radius 3 is 3.00 bits per heavy atom. The molecule has 7 nitrogen and oxygen atoms in total. The normalized spacial score (nSPS) is 21.8. The van der Waals surface area contributed by atoms with Gasteiger partial charge in [-0.05, 0) is 44.4 Å². The summed E-state index contributed by atoms with van der Waals surface area (Å²) in [6.45, 7) is 7.36. The molecule has 1 aromatic heterocycles. The van der Waals surface area contributed by atoms with Crippen LogP contribution in [0.15, 0.2) is 29.6 Å². The van der Waals surface area contributed by atoms with Crippen molar-refractivity contribution in [3.8, 4) is 5.75 Å². The highest BCUT2D eigenvalue weighted by Gasteiger charge is 2.31. The number of piperidine rings is 1. The zero-order valence-electron chi connectivity index (χ0n) is 17.5. The number of likely N-dealkylation sites (tertiary alicyclic amines) is 1. The zero-order valence-corrected chi connectivity index (χ0v) is 18.3. The van der Waals surface area contributed by atoms with Gasteiger partial charge in [-0.2, -0.15) is 0 Å². The molecule has 1 aromatic carbocycles. The van der Waals surface area contributed by atoms with E-state index in [1.165, 1.54) is 24.2 Å². The SMILES string of the molecule is CC1CCCN(Cc2csc(NC(=O)CCN3C(=O)C(C)Oc4ccccc43)n2)C1. The van der Waals surface area contributed by atoms with Gasteiger partial charge in [0.2, 0.25) is 5.91 Å². The van der Waals surface area contributed by atoms with Gasteiger partial charge in [-0.25, -0.2) is 4.98 Å². The molecule has 3 heterocycles. The van der Waals surface area contributed by atoms with E-state index in [0.29, 0.717) is 23.1 Å². The molecule has 1 saturated heterocycles. The van der Waals surface area contributed by atoms with Crippen molar-refractivity contribution in [1.29, 1.82) is 0 Å². The minimum atomic E-state index is -0.554. The van der Waals surface area contributed by atoms with Crippen molar-refractivity contribution >= 4 is 34.0 Å². The van der Waals surface area contributed by atoms with Gasteiger partial charge in [0, 0.05) is 31.4 Å². The number of thiazole rings is 1. The third-order valence-corrected chi connectivity index (χ3v) is 6.37. The molecule has 1 N–H and O–H groups in total. The molecule has 2 amide bonds. The molecular weight excluding hydrogens is 400 g/mol. The summed E-state index contributed by atoms with van der Waals surface area (Å²) in [5, 5.41) is 5.50. The second-order valence-electron chi connectivity index (χ2n) is 8.14. The highest BCUT2D eigenvalue weighted by molar-refractivity contribution is 7.13. The van der Waals surface area contributed by atoms with E-state index in [4.69, 9.17) is 4.74 Å². The summed E-state index contributed by atoms with van der Waals surface area (Å²) in [7, 11) is 0. The maximum Gasteiger partial charge on any atom is 0.267 e. The predicted octanol–water partition coefficient (Wildman–Crippen LogP) is 3.52. The lowest BCUT2D eigenvalue weighted by Gasteiger charge is -2.32. The lowest BCUT2D eigenvalue weighted by atomic mass is 10.0. The van der Waals surface area contributed by atoms with Crippen LogP contribution < -0.4 is 15.0 Å². The Balaban J connectivity index is 1.31. The van der Waals surface area contributed by atoms with E-state index in [1.807, 2.05) is 29.6 Å². The maximum atomic E-state index is 12.5. The first kappa shape index (κ1) is 20.8. The Kier molecular flexibility index (Phi) is 6.34. The van der Waals surface area contributed by atoms with Crippen LogP contribution in [-0.2, 0) is 16.1 Å². The standard InChI is InChI=1S/C22H28N4O3S/c1-15-6-5-10-25(12-15)13-17-14-30-22(23-17)24-20(27)9-11-26-18-7-3-4-8-19(18)29-16(2)21(26)28/h3-4,7-8,14-16H,5-6,9-13H2,1-2H3,(H,23,24,27). The van der Waals surface area contributed by atoms with Crippen LogP contribution in [0.4, 0.5) is 10.8 Å². The predicted molar refractivity (Wildman–Crippen MR) is 118 cm³/mol. The van der Waals surface area contributed by atoms with Gasteiger partial charge in [0.1, 0.15) is 5.75 Å². The molecular formula is C22H28N4O3S. The smallest absolute Gasteiger partial charge is 0.267 e. The monoisotopic (exact) mass is 428 g/mol. The van der Waals surface area contributed by atoms with Crippen LogP contribution in [0.2, 0.25) is 0 Å². The van der Waals surface area contributed by atoms with Gasteiger partial charge in [-0.15, -0.1) is 11.3 Å². The van der Waals surface area contributed by atoms with E-state index in [-0.39, 0.29) is 18.2 Å². The van der Waals surface area contributed by atoms with E-state index >= 15 is 0 Å². The van der Waals surface area contributed by atoms with Gasteiger partial charge in [0.25, 0.3) is 5.91 Å². The number of carbonyl (C=O) groups is 2. The fourth-order valence-corrected chi connectivity index (χ4v) is 4.80. The fourth-order valence-electron chi connectivity index (χ4n) is 4.08. The van der Waals surface area contributed by atoms with Gasteiger partial charge < -0.3 is 15.0 Å². The number of nitrogens with one attached hydrogen (secondary N) is 1. The summed E-state index contributed by atoms with van der Waals surface area (Å²) >= 11 is 1.45. The molecule has 0 bridgehead atoms. The third kappa shape index (κ3) is 4.82. The van der Waals surface area contributed by atoms with Crippen molar-refractivity contribution in [1.82, 2.24) is 9.88 Å². The number of rotatable bonds is 6. The number of para-hydroxylation sites is 2. The van der Waals surface area contributed by atoms with E-state index in [0.717, 1.165) is 31.2 Å². The van der Waals surface area contributed by atoms with E-state index < -0.39 is 6.10 Å². The van der Waals surface area contributed by atoms with Crippen LogP contribution in [0.25, 0.3) is 0 Å². The van der Waals surface area contributed by atoms with Crippen molar-refractivity contribution in [2.45, 2.75) is 45.8 Å². The summed E-state index contributed by atoms with van der Waals surface area (Å²) in [6.07, 6.45) is 2.17. The van der Waals surface area contributed by atoms with Crippen molar-refractivity contribution < 1.29 is 14.3 Å². The van der Waals surface area contributed by atoms with Crippen LogP contribution in [-0.4, -0.2) is 47.4 Å². The largest absolute Gasteiger partial charge is 0.479 e. The number of benzene rings is 1. The lowest BCUT2D eigenvalue weighted by molar-refractivity contribution is -0.125. The summed E-state index contributed by atoms with van der Waals surface area (Å²) in [4.78, 5) is 33.6. The lowest BCUT2D eigenvalue weighted by Crippen LogP contribution is -2.45. The van der Waals surface area contributed by atoms with Crippen LogP contribution in [0.1, 0.15) is 38.8 Å².